The average Bonchev–Trinajstić information content (AvgIpc) is 2.46. The molecule has 1 aliphatic rings. The van der Waals surface area contributed by atoms with Crippen LogP contribution in [0.5, 0.6) is 0 Å². The van der Waals surface area contributed by atoms with Crippen molar-refractivity contribution in [3.63, 3.8) is 0 Å². The van der Waals surface area contributed by atoms with Gasteiger partial charge >= 0.3 is 0 Å². The fourth-order valence-electron chi connectivity index (χ4n) is 2.65. The molecule has 1 aromatic carbocycles. The Hall–Kier alpha value is -1.06. The summed E-state index contributed by atoms with van der Waals surface area (Å²) >= 11 is 5.93. The maximum Gasteiger partial charge on any atom is 0.224 e. The van der Waals surface area contributed by atoms with Crippen molar-refractivity contribution >= 4 is 17.5 Å². The Labute approximate surface area is 126 Å². The summed E-state index contributed by atoms with van der Waals surface area (Å²) in [5.41, 5.74) is 1.11. The number of amides is 1. The number of hydrogen-bond donors (Lipinski definition) is 2. The molecule has 0 bridgehead atoms. The van der Waals surface area contributed by atoms with Gasteiger partial charge in [-0.2, -0.15) is 0 Å². The molecule has 2 N–H and O–H groups in total. The molecule has 0 aliphatic carbocycles. The highest BCUT2D eigenvalue weighted by atomic mass is 35.5. The van der Waals surface area contributed by atoms with E-state index in [-0.39, 0.29) is 17.9 Å². The summed E-state index contributed by atoms with van der Waals surface area (Å²) in [7, 11) is 0. The third-order valence-electron chi connectivity index (χ3n) is 3.86. The van der Waals surface area contributed by atoms with Crippen molar-refractivity contribution in [3.05, 3.63) is 34.9 Å². The molecule has 110 valence electrons. The van der Waals surface area contributed by atoms with Crippen molar-refractivity contribution in [2.45, 2.75) is 32.7 Å². The quantitative estimate of drug-likeness (QED) is 0.896. The SMILES string of the molecule is CC(C)C(NC(=O)C1CCCNC1)c1ccc(Cl)cc1. The normalized spacial score (nSPS) is 20.7. The molecule has 2 atom stereocenters. The first-order valence-corrected chi connectivity index (χ1v) is 7.72. The summed E-state index contributed by atoms with van der Waals surface area (Å²) in [6.07, 6.45) is 2.05. The molecule has 1 amide bonds. The lowest BCUT2D eigenvalue weighted by Gasteiger charge is -2.28. The average molecular weight is 295 g/mol. The maximum atomic E-state index is 12.4. The molecule has 4 heteroatoms. The van der Waals surface area contributed by atoms with Gasteiger partial charge in [-0.05, 0) is 43.0 Å². The summed E-state index contributed by atoms with van der Waals surface area (Å²) in [5.74, 6) is 0.597. The second-order valence-corrected chi connectivity index (χ2v) is 6.26. The fourth-order valence-corrected chi connectivity index (χ4v) is 2.78. The molecular weight excluding hydrogens is 272 g/mol. The van der Waals surface area contributed by atoms with E-state index in [9.17, 15) is 4.79 Å². The van der Waals surface area contributed by atoms with Crippen LogP contribution in [0.1, 0.15) is 38.3 Å². The van der Waals surface area contributed by atoms with E-state index in [4.69, 9.17) is 11.6 Å². The van der Waals surface area contributed by atoms with Crippen molar-refractivity contribution in [2.24, 2.45) is 11.8 Å². The lowest BCUT2D eigenvalue weighted by atomic mass is 9.93. The van der Waals surface area contributed by atoms with Crippen LogP contribution < -0.4 is 10.6 Å². The number of halogens is 1. The number of carbonyl (C=O) groups is 1. The van der Waals surface area contributed by atoms with Crippen LogP contribution in [0.3, 0.4) is 0 Å². The summed E-state index contributed by atoms with van der Waals surface area (Å²) in [6, 6.07) is 7.78. The third-order valence-corrected chi connectivity index (χ3v) is 4.11. The smallest absolute Gasteiger partial charge is 0.224 e. The zero-order chi connectivity index (χ0) is 14.5. The van der Waals surface area contributed by atoms with Gasteiger partial charge in [0.1, 0.15) is 0 Å². The number of benzene rings is 1. The molecule has 0 radical (unpaired) electrons. The van der Waals surface area contributed by atoms with Gasteiger partial charge in [0.15, 0.2) is 0 Å². The minimum atomic E-state index is 0.0432. The molecule has 0 aromatic heterocycles. The third kappa shape index (κ3) is 3.97. The summed E-state index contributed by atoms with van der Waals surface area (Å²) < 4.78 is 0. The Kier molecular flexibility index (Phi) is 5.44. The standard InChI is InChI=1S/C16H23ClN2O/c1-11(2)15(12-5-7-14(17)8-6-12)19-16(20)13-4-3-9-18-10-13/h5-8,11,13,15,18H,3-4,9-10H2,1-2H3,(H,19,20). The first-order chi connectivity index (χ1) is 9.58. The molecule has 3 nitrogen and oxygen atoms in total. The fraction of sp³-hybridized carbons (Fsp3) is 0.562. The highest BCUT2D eigenvalue weighted by Gasteiger charge is 2.25. The minimum absolute atomic E-state index is 0.0432. The minimum Gasteiger partial charge on any atom is -0.349 e. The first kappa shape index (κ1) is 15.3. The van der Waals surface area contributed by atoms with Crippen LogP contribution in [0.25, 0.3) is 0 Å². The van der Waals surface area contributed by atoms with Crippen LogP contribution in [-0.4, -0.2) is 19.0 Å². The molecule has 1 fully saturated rings. The predicted molar refractivity (Wildman–Crippen MR) is 82.8 cm³/mol. The maximum absolute atomic E-state index is 12.4. The lowest BCUT2D eigenvalue weighted by molar-refractivity contribution is -0.126. The number of nitrogens with one attached hydrogen (secondary N) is 2. The van der Waals surface area contributed by atoms with E-state index < -0.39 is 0 Å². The van der Waals surface area contributed by atoms with Crippen molar-refractivity contribution in [1.82, 2.24) is 10.6 Å². The highest BCUT2D eigenvalue weighted by molar-refractivity contribution is 6.30. The van der Waals surface area contributed by atoms with Gasteiger partial charge in [0.2, 0.25) is 5.91 Å². The Morgan fingerprint density at radius 1 is 1.35 bits per heavy atom. The molecule has 2 unspecified atom stereocenters. The van der Waals surface area contributed by atoms with Crippen molar-refractivity contribution < 1.29 is 4.79 Å². The van der Waals surface area contributed by atoms with Gasteiger partial charge in [0.05, 0.1) is 12.0 Å². The molecule has 2 rings (SSSR count). The summed E-state index contributed by atoms with van der Waals surface area (Å²) in [5, 5.41) is 7.21. The summed E-state index contributed by atoms with van der Waals surface area (Å²) in [4.78, 5) is 12.4. The van der Waals surface area contributed by atoms with Gasteiger partial charge in [-0.1, -0.05) is 37.6 Å². The molecule has 20 heavy (non-hydrogen) atoms. The van der Waals surface area contributed by atoms with Gasteiger partial charge in [-0.15, -0.1) is 0 Å². The molecule has 0 spiro atoms. The first-order valence-electron chi connectivity index (χ1n) is 7.34. The number of piperidine rings is 1. The Balaban J connectivity index is 2.05. The number of carbonyl (C=O) groups excluding carboxylic acids is 1. The summed E-state index contributed by atoms with van der Waals surface area (Å²) in [6.45, 7) is 6.06. The van der Waals surface area contributed by atoms with E-state index in [1.54, 1.807) is 0 Å². The van der Waals surface area contributed by atoms with Gasteiger partial charge in [-0.3, -0.25) is 4.79 Å². The van der Waals surface area contributed by atoms with Crippen LogP contribution in [-0.2, 0) is 4.79 Å². The van der Waals surface area contributed by atoms with Crippen molar-refractivity contribution in [1.29, 1.82) is 0 Å². The van der Waals surface area contributed by atoms with E-state index >= 15 is 0 Å². The van der Waals surface area contributed by atoms with E-state index in [0.29, 0.717) is 5.92 Å². The molecule has 1 aromatic rings. The molecule has 1 heterocycles. The van der Waals surface area contributed by atoms with E-state index in [1.165, 1.54) is 0 Å². The number of hydrogen-bond acceptors (Lipinski definition) is 2. The molecular formula is C16H23ClN2O. The Morgan fingerprint density at radius 2 is 2.05 bits per heavy atom. The van der Waals surface area contributed by atoms with Gasteiger partial charge < -0.3 is 10.6 Å². The van der Waals surface area contributed by atoms with Crippen LogP contribution in [0.4, 0.5) is 0 Å². The van der Waals surface area contributed by atoms with Gasteiger partial charge in [-0.25, -0.2) is 0 Å². The van der Waals surface area contributed by atoms with Crippen LogP contribution in [0.2, 0.25) is 5.02 Å². The van der Waals surface area contributed by atoms with E-state index in [1.807, 2.05) is 24.3 Å². The molecule has 1 aliphatic heterocycles. The molecule has 1 saturated heterocycles. The topological polar surface area (TPSA) is 41.1 Å². The van der Waals surface area contributed by atoms with E-state index in [2.05, 4.69) is 24.5 Å². The number of rotatable bonds is 4. The predicted octanol–water partition coefficient (Wildman–Crippen LogP) is 3.15. The van der Waals surface area contributed by atoms with Gasteiger partial charge in [0, 0.05) is 11.6 Å². The second-order valence-electron chi connectivity index (χ2n) is 5.83. The zero-order valence-corrected chi connectivity index (χ0v) is 12.9. The van der Waals surface area contributed by atoms with Crippen LogP contribution >= 0.6 is 11.6 Å². The Bertz CT molecular complexity index is 438. The Morgan fingerprint density at radius 3 is 2.60 bits per heavy atom. The largest absolute Gasteiger partial charge is 0.349 e. The second kappa shape index (κ2) is 7.09. The van der Waals surface area contributed by atoms with Crippen LogP contribution in [0, 0.1) is 11.8 Å². The zero-order valence-electron chi connectivity index (χ0n) is 12.2. The van der Waals surface area contributed by atoms with Crippen molar-refractivity contribution in [2.75, 3.05) is 13.1 Å². The van der Waals surface area contributed by atoms with E-state index in [0.717, 1.165) is 36.5 Å². The highest BCUT2D eigenvalue weighted by Crippen LogP contribution is 2.24. The monoisotopic (exact) mass is 294 g/mol. The van der Waals surface area contributed by atoms with Crippen LogP contribution in [0.15, 0.2) is 24.3 Å². The molecule has 0 saturated carbocycles. The lowest BCUT2D eigenvalue weighted by Crippen LogP contribution is -2.42. The van der Waals surface area contributed by atoms with Crippen molar-refractivity contribution in [3.8, 4) is 0 Å². The van der Waals surface area contributed by atoms with Gasteiger partial charge in [0.25, 0.3) is 0 Å².